The van der Waals surface area contributed by atoms with Gasteiger partial charge in [-0.3, -0.25) is 14.7 Å². The lowest BCUT2D eigenvalue weighted by Crippen LogP contribution is -2.46. The van der Waals surface area contributed by atoms with Gasteiger partial charge >= 0.3 is 0 Å². The van der Waals surface area contributed by atoms with Crippen molar-refractivity contribution in [2.45, 2.75) is 31.8 Å². The number of amides is 1. The van der Waals surface area contributed by atoms with Gasteiger partial charge < -0.3 is 10.6 Å². The van der Waals surface area contributed by atoms with Crippen LogP contribution in [0.5, 0.6) is 0 Å². The van der Waals surface area contributed by atoms with E-state index in [1.54, 1.807) is 12.4 Å². The third-order valence-corrected chi connectivity index (χ3v) is 5.08. The molecule has 1 saturated heterocycles. The molecule has 2 aromatic rings. The molecule has 1 fully saturated rings. The molecule has 2 heterocycles. The van der Waals surface area contributed by atoms with E-state index in [2.05, 4.69) is 51.7 Å². The number of benzene rings is 1. The summed E-state index contributed by atoms with van der Waals surface area (Å²) in [7, 11) is 2.04. The topological polar surface area (TPSA) is 57.3 Å². The molecule has 1 aliphatic rings. The SMILES string of the molecule is Cc1ccc(C(NC(=O)CN(C)C2CCNCC2)c2ccncc2)cc1. The first-order valence-corrected chi connectivity index (χ1v) is 9.30. The molecular formula is C21H28N4O. The van der Waals surface area contributed by atoms with Gasteiger partial charge in [0.1, 0.15) is 0 Å². The van der Waals surface area contributed by atoms with E-state index in [0.717, 1.165) is 37.1 Å². The Hall–Kier alpha value is -2.24. The largest absolute Gasteiger partial charge is 0.344 e. The Bertz CT molecular complexity index is 696. The molecular weight excluding hydrogens is 324 g/mol. The number of aryl methyl sites for hydroxylation is 1. The highest BCUT2D eigenvalue weighted by molar-refractivity contribution is 5.79. The minimum Gasteiger partial charge on any atom is -0.344 e. The van der Waals surface area contributed by atoms with Crippen molar-refractivity contribution < 1.29 is 4.79 Å². The average molecular weight is 352 g/mol. The first-order valence-electron chi connectivity index (χ1n) is 9.30. The van der Waals surface area contributed by atoms with Crippen molar-refractivity contribution in [2.75, 3.05) is 26.7 Å². The third kappa shape index (κ3) is 4.90. The molecule has 1 aromatic heterocycles. The Morgan fingerprint density at radius 2 is 1.77 bits per heavy atom. The van der Waals surface area contributed by atoms with E-state index in [1.807, 2.05) is 19.2 Å². The van der Waals surface area contributed by atoms with Crippen LogP contribution in [0.15, 0.2) is 48.8 Å². The van der Waals surface area contributed by atoms with E-state index >= 15 is 0 Å². The number of hydrogen-bond donors (Lipinski definition) is 2. The normalized spacial score (nSPS) is 16.4. The summed E-state index contributed by atoms with van der Waals surface area (Å²) in [5, 5.41) is 6.58. The predicted molar refractivity (Wildman–Crippen MR) is 104 cm³/mol. The summed E-state index contributed by atoms with van der Waals surface area (Å²) in [6, 6.07) is 12.6. The summed E-state index contributed by atoms with van der Waals surface area (Å²) in [6.07, 6.45) is 5.72. The summed E-state index contributed by atoms with van der Waals surface area (Å²) >= 11 is 0. The predicted octanol–water partition coefficient (Wildman–Crippen LogP) is 2.28. The van der Waals surface area contributed by atoms with Gasteiger partial charge in [-0.15, -0.1) is 0 Å². The summed E-state index contributed by atoms with van der Waals surface area (Å²) in [5.41, 5.74) is 3.33. The van der Waals surface area contributed by atoms with Crippen LogP contribution in [0.3, 0.4) is 0 Å². The number of carbonyl (C=O) groups excluding carboxylic acids is 1. The Morgan fingerprint density at radius 3 is 2.42 bits per heavy atom. The first-order chi connectivity index (χ1) is 12.6. The molecule has 5 nitrogen and oxygen atoms in total. The van der Waals surface area contributed by atoms with Gasteiger partial charge in [-0.25, -0.2) is 0 Å². The van der Waals surface area contributed by atoms with Crippen LogP contribution in [0.1, 0.15) is 35.6 Å². The second-order valence-electron chi connectivity index (χ2n) is 7.09. The maximum absolute atomic E-state index is 12.7. The number of nitrogens with zero attached hydrogens (tertiary/aromatic N) is 2. The van der Waals surface area contributed by atoms with Gasteiger partial charge in [0.15, 0.2) is 0 Å². The maximum atomic E-state index is 12.7. The van der Waals surface area contributed by atoms with Crippen molar-refractivity contribution in [1.82, 2.24) is 20.5 Å². The van der Waals surface area contributed by atoms with E-state index in [9.17, 15) is 4.79 Å². The van der Waals surface area contributed by atoms with Crippen LogP contribution in [0.25, 0.3) is 0 Å². The molecule has 138 valence electrons. The smallest absolute Gasteiger partial charge is 0.234 e. The van der Waals surface area contributed by atoms with Gasteiger partial charge in [0.25, 0.3) is 0 Å². The molecule has 1 atom stereocenters. The summed E-state index contributed by atoms with van der Waals surface area (Å²) < 4.78 is 0. The van der Waals surface area contributed by atoms with Gasteiger partial charge in [0.05, 0.1) is 12.6 Å². The molecule has 26 heavy (non-hydrogen) atoms. The Balaban J connectivity index is 1.70. The van der Waals surface area contributed by atoms with Crippen molar-refractivity contribution in [3.8, 4) is 0 Å². The van der Waals surface area contributed by atoms with Gasteiger partial charge in [0.2, 0.25) is 5.91 Å². The van der Waals surface area contributed by atoms with Crippen LogP contribution in [-0.2, 0) is 4.79 Å². The molecule has 1 aliphatic heterocycles. The minimum atomic E-state index is -0.160. The average Bonchev–Trinajstić information content (AvgIpc) is 2.68. The molecule has 0 spiro atoms. The van der Waals surface area contributed by atoms with E-state index in [0.29, 0.717) is 12.6 Å². The second kappa shape index (κ2) is 8.92. The molecule has 1 aromatic carbocycles. The zero-order valence-electron chi connectivity index (χ0n) is 15.6. The molecule has 0 aliphatic carbocycles. The van der Waals surface area contributed by atoms with Crippen molar-refractivity contribution in [2.24, 2.45) is 0 Å². The van der Waals surface area contributed by atoms with E-state index in [1.165, 1.54) is 5.56 Å². The highest BCUT2D eigenvalue weighted by Crippen LogP contribution is 2.22. The monoisotopic (exact) mass is 352 g/mol. The van der Waals surface area contributed by atoms with Crippen LogP contribution in [-0.4, -0.2) is 48.5 Å². The number of piperidine rings is 1. The lowest BCUT2D eigenvalue weighted by Gasteiger charge is -2.31. The number of pyridine rings is 1. The molecule has 0 bridgehead atoms. The summed E-state index contributed by atoms with van der Waals surface area (Å²) in [5.74, 6) is 0.0495. The quantitative estimate of drug-likeness (QED) is 0.837. The zero-order chi connectivity index (χ0) is 18.4. The Morgan fingerprint density at radius 1 is 1.15 bits per heavy atom. The molecule has 2 N–H and O–H groups in total. The van der Waals surface area contributed by atoms with Crippen molar-refractivity contribution in [3.63, 3.8) is 0 Å². The maximum Gasteiger partial charge on any atom is 0.234 e. The molecule has 1 unspecified atom stereocenters. The molecule has 3 rings (SSSR count). The molecule has 5 heteroatoms. The van der Waals surface area contributed by atoms with E-state index in [4.69, 9.17) is 0 Å². The summed E-state index contributed by atoms with van der Waals surface area (Å²) in [6.45, 7) is 4.54. The van der Waals surface area contributed by atoms with Crippen LogP contribution >= 0.6 is 0 Å². The van der Waals surface area contributed by atoms with E-state index < -0.39 is 0 Å². The number of rotatable bonds is 6. The van der Waals surface area contributed by atoms with Crippen LogP contribution < -0.4 is 10.6 Å². The number of nitrogens with one attached hydrogen (secondary N) is 2. The highest BCUT2D eigenvalue weighted by Gasteiger charge is 2.22. The van der Waals surface area contributed by atoms with Crippen LogP contribution in [0.4, 0.5) is 0 Å². The molecule has 0 saturated carbocycles. The molecule has 1 amide bonds. The van der Waals surface area contributed by atoms with Crippen LogP contribution in [0, 0.1) is 6.92 Å². The number of aromatic nitrogens is 1. The lowest BCUT2D eigenvalue weighted by molar-refractivity contribution is -0.123. The van der Waals surface area contributed by atoms with E-state index in [-0.39, 0.29) is 11.9 Å². The fourth-order valence-electron chi connectivity index (χ4n) is 3.48. The fourth-order valence-corrected chi connectivity index (χ4v) is 3.48. The zero-order valence-corrected chi connectivity index (χ0v) is 15.6. The fraction of sp³-hybridized carbons (Fsp3) is 0.429. The summed E-state index contributed by atoms with van der Waals surface area (Å²) in [4.78, 5) is 19.0. The van der Waals surface area contributed by atoms with Gasteiger partial charge in [-0.1, -0.05) is 29.8 Å². The van der Waals surface area contributed by atoms with Gasteiger partial charge in [0, 0.05) is 18.4 Å². The Kier molecular flexibility index (Phi) is 6.36. The first kappa shape index (κ1) is 18.5. The number of carbonyl (C=O) groups is 1. The van der Waals surface area contributed by atoms with Crippen LogP contribution in [0.2, 0.25) is 0 Å². The van der Waals surface area contributed by atoms with Crippen molar-refractivity contribution in [3.05, 3.63) is 65.5 Å². The van der Waals surface area contributed by atoms with Crippen molar-refractivity contribution in [1.29, 1.82) is 0 Å². The lowest BCUT2D eigenvalue weighted by atomic mass is 9.98. The number of hydrogen-bond acceptors (Lipinski definition) is 4. The highest BCUT2D eigenvalue weighted by atomic mass is 16.2. The molecule has 0 radical (unpaired) electrons. The second-order valence-corrected chi connectivity index (χ2v) is 7.09. The van der Waals surface area contributed by atoms with Gasteiger partial charge in [-0.05, 0) is 63.2 Å². The van der Waals surface area contributed by atoms with Crippen molar-refractivity contribution >= 4 is 5.91 Å². The number of likely N-dealkylation sites (N-methyl/N-ethyl adjacent to an activating group) is 1. The third-order valence-electron chi connectivity index (χ3n) is 5.08. The standard InChI is InChI=1S/C21H28N4O/c1-16-3-5-17(6-4-16)21(18-7-11-22-12-8-18)24-20(26)15-25(2)19-9-13-23-14-10-19/h3-8,11-12,19,21,23H,9-10,13-15H2,1-2H3,(H,24,26). The van der Waals surface area contributed by atoms with Gasteiger partial charge in [-0.2, -0.15) is 0 Å². The Labute approximate surface area is 155 Å². The minimum absolute atomic E-state index is 0.0495.